The molecular weight excluding hydrogens is 365 g/mol. The molecule has 0 spiro atoms. The van der Waals surface area contributed by atoms with Crippen LogP contribution in [0.15, 0.2) is 46.9 Å². The number of nitrogens with one attached hydrogen (secondary N) is 1. The summed E-state index contributed by atoms with van der Waals surface area (Å²) in [4.78, 5) is 11.7. The van der Waals surface area contributed by atoms with Crippen molar-refractivity contribution in [3.63, 3.8) is 0 Å². The summed E-state index contributed by atoms with van der Waals surface area (Å²) < 4.78 is 5.70. The summed E-state index contributed by atoms with van der Waals surface area (Å²) >= 11 is 15.1. The summed E-state index contributed by atoms with van der Waals surface area (Å²) in [5, 5.41) is 3.39. The maximum atomic E-state index is 11.7. The molecule has 0 saturated heterocycles. The second-order valence-electron chi connectivity index (χ2n) is 3.93. The van der Waals surface area contributed by atoms with Crippen molar-refractivity contribution in [1.82, 2.24) is 0 Å². The van der Waals surface area contributed by atoms with Crippen LogP contribution in [-0.2, 0) is 11.3 Å². The monoisotopic (exact) mass is 373 g/mol. The van der Waals surface area contributed by atoms with Gasteiger partial charge in [0.1, 0.15) is 6.61 Å². The molecular formula is C14H10BrCl2NO2. The van der Waals surface area contributed by atoms with Crippen LogP contribution in [0.5, 0.6) is 0 Å². The standard InChI is InChI=1S/C14H10BrCl2NO2/c15-11-6-10(16)7-12(17)13(11)18-14(19)20-8-9-4-2-1-3-5-9/h1-7H,8H2,(H,18,19). The van der Waals surface area contributed by atoms with E-state index in [0.717, 1.165) is 5.56 Å². The number of hydrogen-bond acceptors (Lipinski definition) is 2. The van der Waals surface area contributed by atoms with Gasteiger partial charge in [-0.25, -0.2) is 4.79 Å². The number of benzene rings is 2. The molecule has 0 aromatic heterocycles. The molecule has 0 fully saturated rings. The second kappa shape index (κ2) is 6.97. The molecule has 0 aliphatic rings. The maximum absolute atomic E-state index is 11.7. The normalized spacial score (nSPS) is 10.2. The van der Waals surface area contributed by atoms with Gasteiger partial charge in [-0.05, 0) is 33.6 Å². The van der Waals surface area contributed by atoms with Crippen LogP contribution in [0.2, 0.25) is 10.0 Å². The molecule has 0 atom stereocenters. The van der Waals surface area contributed by atoms with E-state index >= 15 is 0 Å². The third kappa shape index (κ3) is 4.13. The lowest BCUT2D eigenvalue weighted by atomic mass is 10.2. The van der Waals surface area contributed by atoms with E-state index in [-0.39, 0.29) is 6.61 Å². The smallest absolute Gasteiger partial charge is 0.412 e. The fourth-order valence-electron chi connectivity index (χ4n) is 1.52. The number of anilines is 1. The summed E-state index contributed by atoms with van der Waals surface area (Å²) in [6, 6.07) is 12.6. The Morgan fingerprint density at radius 1 is 1.20 bits per heavy atom. The molecule has 20 heavy (non-hydrogen) atoms. The molecule has 0 bridgehead atoms. The molecule has 2 aromatic rings. The van der Waals surface area contributed by atoms with E-state index in [0.29, 0.717) is 20.2 Å². The van der Waals surface area contributed by atoms with E-state index in [1.165, 1.54) is 0 Å². The number of halogens is 3. The van der Waals surface area contributed by atoms with Crippen LogP contribution in [0.3, 0.4) is 0 Å². The van der Waals surface area contributed by atoms with Gasteiger partial charge in [-0.15, -0.1) is 0 Å². The van der Waals surface area contributed by atoms with Crippen LogP contribution in [0.4, 0.5) is 10.5 Å². The molecule has 0 heterocycles. The van der Waals surface area contributed by atoms with Crippen molar-refractivity contribution in [1.29, 1.82) is 0 Å². The van der Waals surface area contributed by atoms with Gasteiger partial charge < -0.3 is 4.74 Å². The van der Waals surface area contributed by atoms with Crippen LogP contribution in [0, 0.1) is 0 Å². The Hall–Kier alpha value is -1.23. The zero-order chi connectivity index (χ0) is 14.5. The fraction of sp³-hybridized carbons (Fsp3) is 0.0714. The van der Waals surface area contributed by atoms with Gasteiger partial charge >= 0.3 is 6.09 Å². The average molecular weight is 375 g/mol. The van der Waals surface area contributed by atoms with Gasteiger partial charge in [0.25, 0.3) is 0 Å². The van der Waals surface area contributed by atoms with Crippen molar-refractivity contribution in [2.24, 2.45) is 0 Å². The molecule has 0 aliphatic carbocycles. The summed E-state index contributed by atoms with van der Waals surface area (Å²) in [6.07, 6.45) is -0.584. The number of carbonyl (C=O) groups is 1. The first kappa shape index (κ1) is 15.2. The first-order valence-electron chi connectivity index (χ1n) is 5.68. The number of rotatable bonds is 3. The van der Waals surface area contributed by atoms with Gasteiger partial charge in [-0.3, -0.25) is 5.32 Å². The number of ether oxygens (including phenoxy) is 1. The molecule has 0 saturated carbocycles. The lowest BCUT2D eigenvalue weighted by molar-refractivity contribution is 0.155. The van der Waals surface area contributed by atoms with Crippen molar-refractivity contribution in [3.8, 4) is 0 Å². The van der Waals surface area contributed by atoms with Gasteiger partial charge in [-0.2, -0.15) is 0 Å². The molecule has 3 nitrogen and oxygen atoms in total. The summed E-state index contributed by atoms with van der Waals surface area (Å²) in [5.74, 6) is 0. The minimum Gasteiger partial charge on any atom is -0.444 e. The first-order chi connectivity index (χ1) is 9.56. The SMILES string of the molecule is O=C(Nc1c(Cl)cc(Cl)cc1Br)OCc1ccccc1. The van der Waals surface area contributed by atoms with Gasteiger partial charge in [0.15, 0.2) is 0 Å². The van der Waals surface area contributed by atoms with Crippen LogP contribution < -0.4 is 5.32 Å². The predicted octanol–water partition coefficient (Wildman–Crippen LogP) is 5.50. The Bertz CT molecular complexity index is 597. The lowest BCUT2D eigenvalue weighted by Gasteiger charge is -2.10. The van der Waals surface area contributed by atoms with E-state index in [2.05, 4.69) is 21.2 Å². The average Bonchev–Trinajstić information content (AvgIpc) is 2.42. The second-order valence-corrected chi connectivity index (χ2v) is 5.63. The van der Waals surface area contributed by atoms with E-state index in [9.17, 15) is 4.79 Å². The van der Waals surface area contributed by atoms with Crippen molar-refractivity contribution in [2.75, 3.05) is 5.32 Å². The Labute approximate surface area is 135 Å². The molecule has 6 heteroatoms. The maximum Gasteiger partial charge on any atom is 0.412 e. The third-order valence-electron chi connectivity index (χ3n) is 2.45. The molecule has 0 unspecified atom stereocenters. The van der Waals surface area contributed by atoms with Crippen LogP contribution in [0.1, 0.15) is 5.56 Å². The molecule has 0 aliphatic heterocycles. The third-order valence-corrected chi connectivity index (χ3v) is 3.59. The minimum absolute atomic E-state index is 0.190. The largest absolute Gasteiger partial charge is 0.444 e. The molecule has 0 radical (unpaired) electrons. The Morgan fingerprint density at radius 2 is 1.90 bits per heavy atom. The van der Waals surface area contributed by atoms with Gasteiger partial charge in [-0.1, -0.05) is 53.5 Å². The molecule has 1 N–H and O–H groups in total. The molecule has 1 amide bonds. The molecule has 2 aromatic carbocycles. The summed E-state index contributed by atoms with van der Waals surface area (Å²) in [7, 11) is 0. The van der Waals surface area contributed by atoms with Gasteiger partial charge in [0.2, 0.25) is 0 Å². The van der Waals surface area contributed by atoms with Crippen molar-refractivity contribution in [2.45, 2.75) is 6.61 Å². The highest BCUT2D eigenvalue weighted by atomic mass is 79.9. The van der Waals surface area contributed by atoms with Crippen LogP contribution >= 0.6 is 39.1 Å². The van der Waals surface area contributed by atoms with Gasteiger partial charge in [0.05, 0.1) is 10.7 Å². The van der Waals surface area contributed by atoms with E-state index < -0.39 is 6.09 Å². The molecule has 104 valence electrons. The highest BCUT2D eigenvalue weighted by molar-refractivity contribution is 9.10. The Kier molecular flexibility index (Phi) is 5.29. The highest BCUT2D eigenvalue weighted by Gasteiger charge is 2.11. The number of amides is 1. The fourth-order valence-corrected chi connectivity index (χ4v) is 2.87. The number of hydrogen-bond donors (Lipinski definition) is 1. The van der Waals surface area contributed by atoms with Crippen LogP contribution in [-0.4, -0.2) is 6.09 Å². The quantitative estimate of drug-likeness (QED) is 0.769. The Balaban J connectivity index is 1.98. The topological polar surface area (TPSA) is 38.3 Å². The van der Waals surface area contributed by atoms with Crippen molar-refractivity contribution >= 4 is 50.9 Å². The zero-order valence-corrected chi connectivity index (χ0v) is 13.3. The van der Waals surface area contributed by atoms with Gasteiger partial charge in [0, 0.05) is 9.50 Å². The van der Waals surface area contributed by atoms with E-state index in [1.807, 2.05) is 30.3 Å². The van der Waals surface area contributed by atoms with Crippen molar-refractivity contribution < 1.29 is 9.53 Å². The van der Waals surface area contributed by atoms with E-state index in [1.54, 1.807) is 12.1 Å². The molecule has 2 rings (SSSR count). The minimum atomic E-state index is -0.584. The summed E-state index contributed by atoms with van der Waals surface area (Å²) in [5.41, 5.74) is 1.33. The highest BCUT2D eigenvalue weighted by Crippen LogP contribution is 2.33. The van der Waals surface area contributed by atoms with Crippen molar-refractivity contribution in [3.05, 3.63) is 62.5 Å². The summed E-state index contributed by atoms with van der Waals surface area (Å²) in [6.45, 7) is 0.190. The number of carbonyl (C=O) groups excluding carboxylic acids is 1. The van der Waals surface area contributed by atoms with Crippen LogP contribution in [0.25, 0.3) is 0 Å². The predicted molar refractivity (Wildman–Crippen MR) is 84.4 cm³/mol. The van der Waals surface area contributed by atoms with E-state index in [4.69, 9.17) is 27.9 Å². The Morgan fingerprint density at radius 3 is 2.55 bits per heavy atom. The first-order valence-corrected chi connectivity index (χ1v) is 7.23. The lowest BCUT2D eigenvalue weighted by Crippen LogP contribution is -2.14. The zero-order valence-electron chi connectivity index (χ0n) is 10.2.